The fraction of sp³-hybridized carbons (Fsp3) is 0.833. The van der Waals surface area contributed by atoms with E-state index in [4.69, 9.17) is 0 Å². The van der Waals surface area contributed by atoms with E-state index in [9.17, 15) is 0 Å². The Morgan fingerprint density at radius 3 is 1.71 bits per heavy atom. The van der Waals surface area contributed by atoms with Gasteiger partial charge in [0.25, 0.3) is 0 Å². The molecule has 0 spiro atoms. The zero-order chi connectivity index (χ0) is 18.7. The van der Waals surface area contributed by atoms with E-state index in [0.29, 0.717) is 17.3 Å². The standard InChI is InChI=1S/C24H44/c1-17(2)21(22(18(3)4)24(8,9)10)20(16-23(5,6)7)19-14-12-11-13-15-19/h19-22H,1,3,11-16H2,2,4-10H3. The molecule has 3 unspecified atom stereocenters. The summed E-state index contributed by atoms with van der Waals surface area (Å²) in [7, 11) is 0. The second kappa shape index (κ2) is 8.24. The van der Waals surface area contributed by atoms with Gasteiger partial charge in [0, 0.05) is 0 Å². The maximum atomic E-state index is 4.48. The highest BCUT2D eigenvalue weighted by Crippen LogP contribution is 2.50. The van der Waals surface area contributed by atoms with Crippen molar-refractivity contribution >= 4 is 0 Å². The SMILES string of the molecule is C=C(C)C(C(CC(C)(C)C)C1CCCCC1)C(C(=C)C)C(C)(C)C. The molecule has 0 nitrogen and oxygen atoms in total. The zero-order valence-electron chi connectivity index (χ0n) is 18.0. The third kappa shape index (κ3) is 6.08. The molecule has 1 fully saturated rings. The average Bonchev–Trinajstić information content (AvgIpc) is 2.40. The van der Waals surface area contributed by atoms with Crippen molar-refractivity contribution in [1.29, 1.82) is 0 Å². The molecule has 0 radical (unpaired) electrons. The quantitative estimate of drug-likeness (QED) is 0.431. The van der Waals surface area contributed by atoms with Gasteiger partial charge in [-0.15, -0.1) is 0 Å². The first-order valence-corrected chi connectivity index (χ1v) is 10.2. The maximum absolute atomic E-state index is 4.48. The van der Waals surface area contributed by atoms with Gasteiger partial charge in [-0.1, -0.05) is 98.0 Å². The summed E-state index contributed by atoms with van der Waals surface area (Å²) in [6, 6.07) is 0. The molecule has 0 aromatic rings. The van der Waals surface area contributed by atoms with E-state index in [2.05, 4.69) is 68.5 Å². The van der Waals surface area contributed by atoms with Gasteiger partial charge in [-0.2, -0.15) is 0 Å². The van der Waals surface area contributed by atoms with Gasteiger partial charge < -0.3 is 0 Å². The van der Waals surface area contributed by atoms with E-state index in [-0.39, 0.29) is 5.41 Å². The minimum absolute atomic E-state index is 0.236. The Labute approximate surface area is 153 Å². The molecule has 1 saturated carbocycles. The Morgan fingerprint density at radius 1 is 0.875 bits per heavy atom. The first-order chi connectivity index (χ1) is 10.8. The molecule has 1 aliphatic carbocycles. The van der Waals surface area contributed by atoms with Gasteiger partial charge in [-0.25, -0.2) is 0 Å². The first-order valence-electron chi connectivity index (χ1n) is 10.2. The molecule has 0 aliphatic heterocycles. The smallest absolute Gasteiger partial charge is 0.00918 e. The molecule has 0 aromatic heterocycles. The Balaban J connectivity index is 3.29. The molecule has 24 heavy (non-hydrogen) atoms. The average molecular weight is 333 g/mol. The Morgan fingerprint density at radius 2 is 1.38 bits per heavy atom. The van der Waals surface area contributed by atoms with Gasteiger partial charge in [0.1, 0.15) is 0 Å². The van der Waals surface area contributed by atoms with Crippen LogP contribution in [0.2, 0.25) is 0 Å². The summed E-state index contributed by atoms with van der Waals surface area (Å²) in [6.45, 7) is 27.8. The normalized spacial score (nSPS) is 21.2. The Kier molecular flexibility index (Phi) is 7.39. The summed E-state index contributed by atoms with van der Waals surface area (Å²) in [4.78, 5) is 0. The van der Waals surface area contributed by atoms with Crippen LogP contribution in [0.1, 0.15) is 93.9 Å². The molecular weight excluding hydrogens is 288 g/mol. The van der Waals surface area contributed by atoms with Crippen LogP contribution >= 0.6 is 0 Å². The molecule has 1 aliphatic rings. The lowest BCUT2D eigenvalue weighted by molar-refractivity contribution is 0.0787. The van der Waals surface area contributed by atoms with Gasteiger partial charge in [-0.3, -0.25) is 0 Å². The van der Waals surface area contributed by atoms with E-state index in [1.807, 2.05) is 0 Å². The van der Waals surface area contributed by atoms with Crippen molar-refractivity contribution in [2.24, 2.45) is 34.5 Å². The molecule has 140 valence electrons. The fourth-order valence-corrected chi connectivity index (χ4v) is 5.34. The zero-order valence-corrected chi connectivity index (χ0v) is 18.0. The number of allylic oxidation sites excluding steroid dienone is 2. The van der Waals surface area contributed by atoms with Crippen LogP contribution in [0, 0.1) is 34.5 Å². The molecule has 0 heteroatoms. The van der Waals surface area contributed by atoms with E-state index >= 15 is 0 Å². The van der Waals surface area contributed by atoms with Crippen molar-refractivity contribution in [2.75, 3.05) is 0 Å². The summed E-state index contributed by atoms with van der Waals surface area (Å²) in [5.74, 6) is 2.68. The molecule has 0 saturated heterocycles. The highest BCUT2D eigenvalue weighted by Gasteiger charge is 2.42. The molecule has 0 heterocycles. The van der Waals surface area contributed by atoms with Crippen LogP contribution in [0.15, 0.2) is 24.3 Å². The van der Waals surface area contributed by atoms with E-state index in [1.54, 1.807) is 0 Å². The number of hydrogen-bond acceptors (Lipinski definition) is 0. The van der Waals surface area contributed by atoms with E-state index in [0.717, 1.165) is 11.8 Å². The van der Waals surface area contributed by atoms with Gasteiger partial charge in [0.15, 0.2) is 0 Å². The third-order valence-electron chi connectivity index (χ3n) is 5.96. The fourth-order valence-electron chi connectivity index (χ4n) is 5.34. The molecular formula is C24H44. The second-order valence-electron chi connectivity index (χ2n) is 10.9. The molecule has 0 amide bonds. The predicted octanol–water partition coefficient (Wildman–Crippen LogP) is 8.05. The van der Waals surface area contributed by atoms with Gasteiger partial charge in [0.05, 0.1) is 0 Å². The lowest BCUT2D eigenvalue weighted by Gasteiger charge is -2.47. The molecule has 1 rings (SSSR count). The largest absolute Gasteiger partial charge is 0.0998 e. The van der Waals surface area contributed by atoms with Crippen LogP contribution in [0.3, 0.4) is 0 Å². The maximum Gasteiger partial charge on any atom is -0.00918 e. The summed E-state index contributed by atoms with van der Waals surface area (Å²) in [6.07, 6.45) is 8.40. The molecule has 3 atom stereocenters. The van der Waals surface area contributed by atoms with E-state index in [1.165, 1.54) is 49.7 Å². The van der Waals surface area contributed by atoms with E-state index < -0.39 is 0 Å². The van der Waals surface area contributed by atoms with Gasteiger partial charge in [0.2, 0.25) is 0 Å². The van der Waals surface area contributed by atoms with Gasteiger partial charge in [-0.05, 0) is 54.8 Å². The van der Waals surface area contributed by atoms with Crippen molar-refractivity contribution in [3.63, 3.8) is 0 Å². The van der Waals surface area contributed by atoms with Crippen molar-refractivity contribution in [2.45, 2.75) is 93.9 Å². The van der Waals surface area contributed by atoms with Crippen LogP contribution in [-0.2, 0) is 0 Å². The number of hydrogen-bond donors (Lipinski definition) is 0. The molecule has 0 aromatic carbocycles. The second-order valence-corrected chi connectivity index (χ2v) is 10.9. The topological polar surface area (TPSA) is 0 Å². The Hall–Kier alpha value is -0.520. The van der Waals surface area contributed by atoms with Crippen LogP contribution in [-0.4, -0.2) is 0 Å². The highest BCUT2D eigenvalue weighted by atomic mass is 14.5. The monoisotopic (exact) mass is 332 g/mol. The molecule has 0 N–H and O–H groups in total. The number of rotatable bonds is 6. The van der Waals surface area contributed by atoms with Crippen molar-refractivity contribution < 1.29 is 0 Å². The summed E-state index contributed by atoms with van der Waals surface area (Å²) in [5.41, 5.74) is 3.32. The minimum atomic E-state index is 0.236. The van der Waals surface area contributed by atoms with Crippen LogP contribution in [0.25, 0.3) is 0 Å². The van der Waals surface area contributed by atoms with Crippen molar-refractivity contribution in [1.82, 2.24) is 0 Å². The Bertz CT molecular complexity index is 420. The first kappa shape index (κ1) is 21.5. The summed E-state index contributed by atoms with van der Waals surface area (Å²) in [5, 5.41) is 0. The lowest BCUT2D eigenvalue weighted by atomic mass is 9.58. The van der Waals surface area contributed by atoms with Crippen molar-refractivity contribution in [3.05, 3.63) is 24.3 Å². The van der Waals surface area contributed by atoms with Crippen molar-refractivity contribution in [3.8, 4) is 0 Å². The van der Waals surface area contributed by atoms with Crippen LogP contribution in [0.5, 0.6) is 0 Å². The lowest BCUT2D eigenvalue weighted by Crippen LogP contribution is -2.39. The molecule has 0 bridgehead atoms. The van der Waals surface area contributed by atoms with Crippen LogP contribution < -0.4 is 0 Å². The highest BCUT2D eigenvalue weighted by molar-refractivity contribution is 5.14. The predicted molar refractivity (Wildman–Crippen MR) is 110 cm³/mol. The van der Waals surface area contributed by atoms with Gasteiger partial charge >= 0.3 is 0 Å². The third-order valence-corrected chi connectivity index (χ3v) is 5.96. The summed E-state index contributed by atoms with van der Waals surface area (Å²) >= 11 is 0. The van der Waals surface area contributed by atoms with Crippen LogP contribution in [0.4, 0.5) is 0 Å². The summed E-state index contributed by atoms with van der Waals surface area (Å²) < 4.78 is 0. The minimum Gasteiger partial charge on any atom is -0.0998 e.